The summed E-state index contributed by atoms with van der Waals surface area (Å²) in [6, 6.07) is 9.47. The van der Waals surface area contributed by atoms with E-state index in [1.54, 1.807) is 18.3 Å². The summed E-state index contributed by atoms with van der Waals surface area (Å²) in [5.74, 6) is -0.127. The maximum absolute atomic E-state index is 11.8. The zero-order chi connectivity index (χ0) is 13.0. The number of amides is 1. The fourth-order valence-corrected chi connectivity index (χ4v) is 1.92. The van der Waals surface area contributed by atoms with Crippen molar-refractivity contribution in [3.05, 3.63) is 53.6 Å². The molecule has 0 aliphatic rings. The second kappa shape index (κ2) is 5.49. The van der Waals surface area contributed by atoms with Gasteiger partial charge < -0.3 is 9.88 Å². The lowest BCUT2D eigenvalue weighted by molar-refractivity contribution is 0.0947. The molecular formula is C14H17N3O. The fourth-order valence-electron chi connectivity index (χ4n) is 1.92. The average Bonchev–Trinajstić information content (AvgIpc) is 2.71. The monoisotopic (exact) mass is 243 g/mol. The van der Waals surface area contributed by atoms with Crippen molar-refractivity contribution in [2.45, 2.75) is 20.4 Å². The number of aromatic nitrogens is 2. The first-order valence-corrected chi connectivity index (χ1v) is 6.00. The zero-order valence-electron chi connectivity index (χ0n) is 10.7. The molecular weight excluding hydrogens is 226 g/mol. The molecule has 2 heterocycles. The largest absolute Gasteiger partial charge is 0.349 e. The summed E-state index contributed by atoms with van der Waals surface area (Å²) < 4.78 is 2.18. The molecule has 0 atom stereocenters. The summed E-state index contributed by atoms with van der Waals surface area (Å²) in [5.41, 5.74) is 2.87. The summed E-state index contributed by atoms with van der Waals surface area (Å²) in [7, 11) is 0. The molecule has 4 heteroatoms. The van der Waals surface area contributed by atoms with Gasteiger partial charge in [0.2, 0.25) is 0 Å². The van der Waals surface area contributed by atoms with Crippen LogP contribution >= 0.6 is 0 Å². The third kappa shape index (κ3) is 2.77. The Morgan fingerprint density at radius 2 is 1.94 bits per heavy atom. The Labute approximate surface area is 107 Å². The molecule has 1 amide bonds. The number of aryl methyl sites for hydroxylation is 2. The van der Waals surface area contributed by atoms with E-state index in [1.807, 2.05) is 6.07 Å². The molecule has 1 N–H and O–H groups in total. The minimum Gasteiger partial charge on any atom is -0.349 e. The molecule has 0 aliphatic heterocycles. The number of nitrogens with one attached hydrogen (secondary N) is 1. The third-order valence-electron chi connectivity index (χ3n) is 2.94. The van der Waals surface area contributed by atoms with Gasteiger partial charge in [-0.15, -0.1) is 0 Å². The average molecular weight is 243 g/mol. The van der Waals surface area contributed by atoms with Crippen molar-refractivity contribution in [2.24, 2.45) is 0 Å². The lowest BCUT2D eigenvalue weighted by Gasteiger charge is -2.10. The second-order valence-corrected chi connectivity index (χ2v) is 4.24. The molecule has 2 aromatic rings. The molecule has 94 valence electrons. The lowest BCUT2D eigenvalue weighted by atomic mass is 10.3. The van der Waals surface area contributed by atoms with Crippen molar-refractivity contribution in [1.82, 2.24) is 14.9 Å². The highest BCUT2D eigenvalue weighted by Crippen LogP contribution is 2.05. The number of hydrogen-bond donors (Lipinski definition) is 1. The molecule has 0 fully saturated rings. The van der Waals surface area contributed by atoms with Gasteiger partial charge in [0.25, 0.3) is 5.91 Å². The standard InChI is InChI=1S/C14H17N3O/c1-11-6-7-12(2)17(11)10-9-16-14(18)13-5-3-4-8-15-13/h3-8H,9-10H2,1-2H3,(H,16,18). The Morgan fingerprint density at radius 3 is 2.56 bits per heavy atom. The molecule has 0 spiro atoms. The van der Waals surface area contributed by atoms with Gasteiger partial charge >= 0.3 is 0 Å². The minimum atomic E-state index is -0.127. The van der Waals surface area contributed by atoms with Gasteiger partial charge in [0.1, 0.15) is 5.69 Å². The Hall–Kier alpha value is -2.10. The van der Waals surface area contributed by atoms with Crippen LogP contribution in [0.4, 0.5) is 0 Å². The van der Waals surface area contributed by atoms with E-state index in [9.17, 15) is 4.79 Å². The number of pyridine rings is 1. The molecule has 0 aliphatic carbocycles. The summed E-state index contributed by atoms with van der Waals surface area (Å²) in [5, 5.41) is 2.87. The van der Waals surface area contributed by atoms with Gasteiger partial charge in [0.05, 0.1) is 0 Å². The highest BCUT2D eigenvalue weighted by Gasteiger charge is 2.06. The van der Waals surface area contributed by atoms with Crippen LogP contribution in [0.5, 0.6) is 0 Å². The molecule has 0 aromatic carbocycles. The van der Waals surface area contributed by atoms with Crippen LogP contribution < -0.4 is 5.32 Å². The first kappa shape index (κ1) is 12.4. The van der Waals surface area contributed by atoms with Crippen molar-refractivity contribution in [2.75, 3.05) is 6.54 Å². The summed E-state index contributed by atoms with van der Waals surface area (Å²) >= 11 is 0. The third-order valence-corrected chi connectivity index (χ3v) is 2.94. The Balaban J connectivity index is 1.88. The van der Waals surface area contributed by atoms with Gasteiger partial charge in [-0.2, -0.15) is 0 Å². The van der Waals surface area contributed by atoms with E-state index >= 15 is 0 Å². The summed E-state index contributed by atoms with van der Waals surface area (Å²) in [6.45, 7) is 5.51. The highest BCUT2D eigenvalue weighted by molar-refractivity contribution is 5.92. The number of hydrogen-bond acceptors (Lipinski definition) is 2. The first-order chi connectivity index (χ1) is 8.68. The van der Waals surface area contributed by atoms with Crippen LogP contribution in [0.25, 0.3) is 0 Å². The second-order valence-electron chi connectivity index (χ2n) is 4.24. The van der Waals surface area contributed by atoms with Crippen LogP contribution in [-0.4, -0.2) is 22.0 Å². The van der Waals surface area contributed by atoms with Crippen LogP contribution in [0.1, 0.15) is 21.9 Å². The Bertz CT molecular complexity index is 512. The molecule has 2 rings (SSSR count). The number of rotatable bonds is 4. The van der Waals surface area contributed by atoms with Crippen molar-refractivity contribution in [1.29, 1.82) is 0 Å². The zero-order valence-corrected chi connectivity index (χ0v) is 10.7. The smallest absolute Gasteiger partial charge is 0.269 e. The lowest BCUT2D eigenvalue weighted by Crippen LogP contribution is -2.28. The molecule has 0 bridgehead atoms. The minimum absolute atomic E-state index is 0.127. The van der Waals surface area contributed by atoms with Crippen LogP contribution in [0, 0.1) is 13.8 Å². The van der Waals surface area contributed by atoms with E-state index in [0.29, 0.717) is 12.2 Å². The molecule has 0 unspecified atom stereocenters. The van der Waals surface area contributed by atoms with Crippen molar-refractivity contribution >= 4 is 5.91 Å². The van der Waals surface area contributed by atoms with Crippen molar-refractivity contribution in [3.8, 4) is 0 Å². The van der Waals surface area contributed by atoms with Gasteiger partial charge in [0, 0.05) is 30.7 Å². The van der Waals surface area contributed by atoms with E-state index in [-0.39, 0.29) is 5.91 Å². The van der Waals surface area contributed by atoms with Gasteiger partial charge in [-0.25, -0.2) is 0 Å². The van der Waals surface area contributed by atoms with Gasteiger partial charge in [-0.05, 0) is 38.1 Å². The molecule has 18 heavy (non-hydrogen) atoms. The summed E-state index contributed by atoms with van der Waals surface area (Å²) in [6.07, 6.45) is 1.62. The van der Waals surface area contributed by atoms with E-state index in [1.165, 1.54) is 11.4 Å². The Morgan fingerprint density at radius 1 is 1.22 bits per heavy atom. The van der Waals surface area contributed by atoms with E-state index in [0.717, 1.165) is 6.54 Å². The van der Waals surface area contributed by atoms with E-state index < -0.39 is 0 Å². The normalized spacial score (nSPS) is 10.3. The van der Waals surface area contributed by atoms with Gasteiger partial charge in [-0.3, -0.25) is 9.78 Å². The SMILES string of the molecule is Cc1ccc(C)n1CCNC(=O)c1ccccn1. The summed E-state index contributed by atoms with van der Waals surface area (Å²) in [4.78, 5) is 15.8. The van der Waals surface area contributed by atoms with Crippen molar-refractivity contribution in [3.63, 3.8) is 0 Å². The van der Waals surface area contributed by atoms with E-state index in [4.69, 9.17) is 0 Å². The maximum Gasteiger partial charge on any atom is 0.269 e. The predicted molar refractivity (Wildman–Crippen MR) is 70.5 cm³/mol. The van der Waals surface area contributed by atoms with Gasteiger partial charge in [-0.1, -0.05) is 6.07 Å². The number of carbonyl (C=O) groups excluding carboxylic acids is 1. The molecule has 0 saturated heterocycles. The predicted octanol–water partition coefficient (Wildman–Crippen LogP) is 1.93. The fraction of sp³-hybridized carbons (Fsp3) is 0.286. The molecule has 0 radical (unpaired) electrons. The van der Waals surface area contributed by atoms with Gasteiger partial charge in [0.15, 0.2) is 0 Å². The number of carbonyl (C=O) groups is 1. The first-order valence-electron chi connectivity index (χ1n) is 6.00. The molecule has 2 aromatic heterocycles. The van der Waals surface area contributed by atoms with E-state index in [2.05, 4.69) is 40.8 Å². The van der Waals surface area contributed by atoms with Crippen molar-refractivity contribution < 1.29 is 4.79 Å². The van der Waals surface area contributed by atoms with Crippen LogP contribution in [0.2, 0.25) is 0 Å². The molecule has 4 nitrogen and oxygen atoms in total. The maximum atomic E-state index is 11.8. The topological polar surface area (TPSA) is 46.9 Å². The number of nitrogens with zero attached hydrogens (tertiary/aromatic N) is 2. The highest BCUT2D eigenvalue weighted by atomic mass is 16.1. The molecule has 0 saturated carbocycles. The Kier molecular flexibility index (Phi) is 3.77. The van der Waals surface area contributed by atoms with Crippen LogP contribution in [0.3, 0.4) is 0 Å². The van der Waals surface area contributed by atoms with Crippen LogP contribution in [0.15, 0.2) is 36.5 Å². The van der Waals surface area contributed by atoms with Crippen LogP contribution in [-0.2, 0) is 6.54 Å². The quantitative estimate of drug-likeness (QED) is 0.892.